The van der Waals surface area contributed by atoms with Gasteiger partial charge < -0.3 is 4.74 Å². The summed E-state index contributed by atoms with van der Waals surface area (Å²) in [4.78, 5) is 20.7. The van der Waals surface area contributed by atoms with Gasteiger partial charge in [0.05, 0.1) is 12.3 Å². The molecule has 3 aromatic rings. The van der Waals surface area contributed by atoms with E-state index >= 15 is 0 Å². The van der Waals surface area contributed by atoms with Crippen molar-refractivity contribution in [3.05, 3.63) is 36.0 Å². The largest absolute Gasteiger partial charge is 0.490 e. The van der Waals surface area contributed by atoms with Gasteiger partial charge >= 0.3 is 0 Å². The predicted molar refractivity (Wildman–Crippen MR) is 75.4 cm³/mol. The number of carbonyl (C=O) groups is 1. The molecule has 21 heavy (non-hydrogen) atoms. The van der Waals surface area contributed by atoms with Gasteiger partial charge in [0, 0.05) is 6.20 Å². The van der Waals surface area contributed by atoms with Gasteiger partial charge in [-0.2, -0.15) is 10.1 Å². The van der Waals surface area contributed by atoms with Crippen LogP contribution in [-0.2, 0) is 0 Å². The molecule has 0 radical (unpaired) electrons. The van der Waals surface area contributed by atoms with Crippen LogP contribution in [0, 0.1) is 6.92 Å². The zero-order chi connectivity index (χ0) is 14.8. The lowest BCUT2D eigenvalue weighted by Gasteiger charge is -2.06. The van der Waals surface area contributed by atoms with Crippen LogP contribution in [0.5, 0.6) is 5.75 Å². The molecule has 0 bridgehead atoms. The Morgan fingerprint density at radius 1 is 1.52 bits per heavy atom. The minimum absolute atomic E-state index is 0.287. The Kier molecular flexibility index (Phi) is 3.27. The summed E-state index contributed by atoms with van der Waals surface area (Å²) in [6.07, 6.45) is 3.09. The highest BCUT2D eigenvalue weighted by atomic mass is 16.5. The fourth-order valence-corrected chi connectivity index (χ4v) is 2.13. The van der Waals surface area contributed by atoms with Crippen LogP contribution >= 0.6 is 0 Å². The van der Waals surface area contributed by atoms with Crippen LogP contribution in [0.25, 0.3) is 5.65 Å². The minimum Gasteiger partial charge on any atom is -0.490 e. The number of nitrogens with one attached hydrogen (secondary N) is 2. The van der Waals surface area contributed by atoms with Gasteiger partial charge in [0.15, 0.2) is 11.4 Å². The molecular weight excluding hydrogens is 272 g/mol. The van der Waals surface area contributed by atoms with Crippen molar-refractivity contribution >= 4 is 17.5 Å². The van der Waals surface area contributed by atoms with Gasteiger partial charge in [-0.25, -0.2) is 10.1 Å². The number of fused-ring (bicyclic) bond motifs is 1. The standard InChI is InChI=1S/C13H14N6O2/c1-3-21-9-5-4-6-19-10(8(2)16-11(9)19)12(20)17-13-14-7-15-18-13/h4-7H,3H2,1-2H3,(H2,14,15,17,18,20). The maximum Gasteiger partial charge on any atom is 0.276 e. The quantitative estimate of drug-likeness (QED) is 0.755. The van der Waals surface area contributed by atoms with E-state index in [9.17, 15) is 4.79 Å². The molecule has 0 spiro atoms. The summed E-state index contributed by atoms with van der Waals surface area (Å²) in [7, 11) is 0. The molecule has 3 aromatic heterocycles. The average molecular weight is 286 g/mol. The van der Waals surface area contributed by atoms with Crippen LogP contribution in [0.4, 0.5) is 5.95 Å². The summed E-state index contributed by atoms with van der Waals surface area (Å²) in [6.45, 7) is 4.21. The molecule has 1 amide bonds. The van der Waals surface area contributed by atoms with E-state index in [0.29, 0.717) is 29.4 Å². The topological polar surface area (TPSA) is 97.2 Å². The van der Waals surface area contributed by atoms with E-state index < -0.39 is 0 Å². The molecule has 0 unspecified atom stereocenters. The normalized spacial score (nSPS) is 10.8. The van der Waals surface area contributed by atoms with Crippen molar-refractivity contribution in [2.75, 3.05) is 11.9 Å². The van der Waals surface area contributed by atoms with Crippen molar-refractivity contribution in [3.8, 4) is 5.75 Å². The molecule has 3 heterocycles. The number of imidazole rings is 1. The first kappa shape index (κ1) is 13.1. The second-order valence-corrected chi connectivity index (χ2v) is 4.33. The number of pyridine rings is 1. The molecule has 0 saturated carbocycles. The lowest BCUT2D eigenvalue weighted by Crippen LogP contribution is -2.16. The number of amides is 1. The first-order valence-electron chi connectivity index (χ1n) is 6.48. The molecule has 8 nitrogen and oxygen atoms in total. The number of aromatic nitrogens is 5. The lowest BCUT2D eigenvalue weighted by molar-refractivity contribution is 0.102. The minimum atomic E-state index is -0.314. The summed E-state index contributed by atoms with van der Waals surface area (Å²) in [5.41, 5.74) is 1.65. The second kappa shape index (κ2) is 5.23. The Hall–Kier alpha value is -2.90. The van der Waals surface area contributed by atoms with E-state index in [0.717, 1.165) is 0 Å². The Morgan fingerprint density at radius 3 is 3.10 bits per heavy atom. The zero-order valence-corrected chi connectivity index (χ0v) is 11.6. The Labute approximate surface area is 120 Å². The van der Waals surface area contributed by atoms with Gasteiger partial charge in [-0.15, -0.1) is 0 Å². The number of hydrogen-bond donors (Lipinski definition) is 2. The van der Waals surface area contributed by atoms with Crippen LogP contribution in [0.3, 0.4) is 0 Å². The van der Waals surface area contributed by atoms with Crippen LogP contribution in [0.1, 0.15) is 23.1 Å². The number of hydrogen-bond acceptors (Lipinski definition) is 5. The molecule has 3 rings (SSSR count). The van der Waals surface area contributed by atoms with Gasteiger partial charge in [0.2, 0.25) is 5.95 Å². The highest BCUT2D eigenvalue weighted by Crippen LogP contribution is 2.22. The summed E-state index contributed by atoms with van der Waals surface area (Å²) in [6, 6.07) is 3.63. The first-order chi connectivity index (χ1) is 10.2. The molecule has 0 aromatic carbocycles. The molecule has 0 atom stereocenters. The summed E-state index contributed by atoms with van der Waals surface area (Å²) >= 11 is 0. The third-order valence-electron chi connectivity index (χ3n) is 2.95. The molecule has 0 aliphatic rings. The molecule has 0 saturated heterocycles. The molecule has 8 heteroatoms. The van der Waals surface area contributed by atoms with Gasteiger partial charge in [0.25, 0.3) is 5.91 Å². The number of aromatic amines is 1. The Morgan fingerprint density at radius 2 is 2.38 bits per heavy atom. The number of rotatable bonds is 4. The highest BCUT2D eigenvalue weighted by molar-refractivity contribution is 6.03. The average Bonchev–Trinajstić information content (AvgIpc) is 3.06. The number of nitrogens with zero attached hydrogens (tertiary/aromatic N) is 4. The van der Waals surface area contributed by atoms with Crippen LogP contribution in [0.15, 0.2) is 24.7 Å². The predicted octanol–water partition coefficient (Wildman–Crippen LogP) is 1.41. The fourth-order valence-electron chi connectivity index (χ4n) is 2.13. The van der Waals surface area contributed by atoms with Crippen LogP contribution < -0.4 is 10.1 Å². The van der Waals surface area contributed by atoms with E-state index in [-0.39, 0.29) is 11.9 Å². The number of anilines is 1. The maximum absolute atomic E-state index is 12.4. The third kappa shape index (κ3) is 2.31. The Bertz CT molecular complexity index is 777. The van der Waals surface area contributed by atoms with Gasteiger partial charge in [-0.1, -0.05) is 0 Å². The van der Waals surface area contributed by atoms with Crippen LogP contribution in [-0.4, -0.2) is 37.1 Å². The van der Waals surface area contributed by atoms with E-state index in [1.165, 1.54) is 6.33 Å². The van der Waals surface area contributed by atoms with Crippen molar-refractivity contribution in [1.29, 1.82) is 0 Å². The SMILES string of the molecule is CCOc1cccn2c(C(=O)Nc3ncn[nH]3)c(C)nc12. The molecule has 0 aliphatic carbocycles. The van der Waals surface area contributed by atoms with Gasteiger partial charge in [-0.3, -0.25) is 14.5 Å². The zero-order valence-electron chi connectivity index (χ0n) is 11.6. The number of aryl methyl sites for hydroxylation is 1. The fraction of sp³-hybridized carbons (Fsp3) is 0.231. The number of carbonyl (C=O) groups excluding carboxylic acids is 1. The van der Waals surface area contributed by atoms with Gasteiger partial charge in [0.1, 0.15) is 12.0 Å². The van der Waals surface area contributed by atoms with Crippen molar-refractivity contribution in [2.24, 2.45) is 0 Å². The third-order valence-corrected chi connectivity index (χ3v) is 2.95. The monoisotopic (exact) mass is 286 g/mol. The van der Waals surface area contributed by atoms with Crippen molar-refractivity contribution < 1.29 is 9.53 Å². The molecular formula is C13H14N6O2. The highest BCUT2D eigenvalue weighted by Gasteiger charge is 2.19. The second-order valence-electron chi connectivity index (χ2n) is 4.33. The van der Waals surface area contributed by atoms with E-state index in [1.807, 2.05) is 19.1 Å². The van der Waals surface area contributed by atoms with Gasteiger partial charge in [-0.05, 0) is 26.0 Å². The summed E-state index contributed by atoms with van der Waals surface area (Å²) < 4.78 is 7.23. The Balaban J connectivity index is 2.04. The lowest BCUT2D eigenvalue weighted by atomic mass is 10.3. The van der Waals surface area contributed by atoms with Crippen molar-refractivity contribution in [3.63, 3.8) is 0 Å². The maximum atomic E-state index is 12.4. The van der Waals surface area contributed by atoms with E-state index in [4.69, 9.17) is 4.74 Å². The van der Waals surface area contributed by atoms with E-state index in [2.05, 4.69) is 25.5 Å². The molecule has 2 N–H and O–H groups in total. The summed E-state index contributed by atoms with van der Waals surface area (Å²) in [5.74, 6) is 0.613. The number of H-pyrrole nitrogens is 1. The molecule has 108 valence electrons. The summed E-state index contributed by atoms with van der Waals surface area (Å²) in [5, 5.41) is 8.91. The smallest absolute Gasteiger partial charge is 0.276 e. The van der Waals surface area contributed by atoms with E-state index in [1.54, 1.807) is 17.5 Å². The van der Waals surface area contributed by atoms with Crippen molar-refractivity contribution in [2.45, 2.75) is 13.8 Å². The van der Waals surface area contributed by atoms with Crippen LogP contribution in [0.2, 0.25) is 0 Å². The number of ether oxygens (including phenoxy) is 1. The molecule has 0 aliphatic heterocycles. The first-order valence-corrected chi connectivity index (χ1v) is 6.48. The molecule has 0 fully saturated rings. The van der Waals surface area contributed by atoms with Crippen molar-refractivity contribution in [1.82, 2.24) is 24.6 Å².